The molecule has 122 valence electrons. The van der Waals surface area contributed by atoms with E-state index in [1.165, 1.54) is 5.56 Å². The molecule has 3 rings (SSSR count). The number of fused-ring (bicyclic) bond motifs is 1. The van der Waals surface area contributed by atoms with Gasteiger partial charge in [0.15, 0.2) is 0 Å². The van der Waals surface area contributed by atoms with Crippen LogP contribution in [0.5, 0.6) is 0 Å². The van der Waals surface area contributed by atoms with Gasteiger partial charge >= 0.3 is 0 Å². The highest BCUT2D eigenvalue weighted by Crippen LogP contribution is 2.31. The second kappa shape index (κ2) is 6.96. The Kier molecular flexibility index (Phi) is 4.76. The molecule has 1 heterocycles. The molecule has 1 atom stereocenters. The first-order valence-electron chi connectivity index (χ1n) is 8.28. The van der Waals surface area contributed by atoms with Gasteiger partial charge in [0.05, 0.1) is 6.04 Å². The van der Waals surface area contributed by atoms with Gasteiger partial charge in [-0.2, -0.15) is 0 Å². The van der Waals surface area contributed by atoms with Crippen LogP contribution in [0.3, 0.4) is 0 Å². The molecule has 1 aromatic carbocycles. The Bertz CT molecular complexity index is 634. The van der Waals surface area contributed by atoms with Crippen molar-refractivity contribution in [3.05, 3.63) is 41.0 Å². The van der Waals surface area contributed by atoms with Crippen molar-refractivity contribution >= 4 is 17.5 Å². The van der Waals surface area contributed by atoms with E-state index in [4.69, 9.17) is 0 Å². The Morgan fingerprint density at radius 3 is 2.78 bits per heavy atom. The van der Waals surface area contributed by atoms with Crippen molar-refractivity contribution in [1.29, 1.82) is 0 Å². The summed E-state index contributed by atoms with van der Waals surface area (Å²) in [5, 5.41) is 8.89. The summed E-state index contributed by atoms with van der Waals surface area (Å²) in [5.41, 5.74) is 3.26. The molecule has 5 nitrogen and oxygen atoms in total. The van der Waals surface area contributed by atoms with E-state index in [-0.39, 0.29) is 17.9 Å². The van der Waals surface area contributed by atoms with Crippen LogP contribution >= 0.6 is 0 Å². The molecule has 0 spiro atoms. The molecule has 23 heavy (non-hydrogen) atoms. The van der Waals surface area contributed by atoms with E-state index in [0.717, 1.165) is 49.9 Å². The van der Waals surface area contributed by atoms with Crippen LogP contribution in [0.2, 0.25) is 0 Å². The zero-order valence-electron chi connectivity index (χ0n) is 13.4. The van der Waals surface area contributed by atoms with Crippen LogP contribution in [-0.2, 0) is 16.0 Å². The van der Waals surface area contributed by atoms with Crippen molar-refractivity contribution in [2.24, 2.45) is 0 Å². The predicted octanol–water partition coefficient (Wildman–Crippen LogP) is 1.76. The number of carbonyl (C=O) groups excluding carboxylic acids is 2. The van der Waals surface area contributed by atoms with Crippen molar-refractivity contribution < 1.29 is 9.59 Å². The van der Waals surface area contributed by atoms with Crippen LogP contribution in [0.15, 0.2) is 35.4 Å². The molecule has 3 N–H and O–H groups in total. The molecule has 0 saturated heterocycles. The van der Waals surface area contributed by atoms with Crippen molar-refractivity contribution in [1.82, 2.24) is 10.6 Å². The minimum absolute atomic E-state index is 0.0703. The fourth-order valence-corrected chi connectivity index (χ4v) is 3.31. The maximum atomic E-state index is 12.5. The first kappa shape index (κ1) is 15.7. The molecule has 1 aliphatic heterocycles. The van der Waals surface area contributed by atoms with Gasteiger partial charge in [-0.05, 0) is 62.5 Å². The quantitative estimate of drug-likeness (QED) is 0.725. The molecular formula is C18H23N3O2. The third-order valence-electron chi connectivity index (χ3n) is 4.57. The van der Waals surface area contributed by atoms with Crippen LogP contribution in [-0.4, -0.2) is 31.4 Å². The summed E-state index contributed by atoms with van der Waals surface area (Å²) < 4.78 is 0. The minimum atomic E-state index is -0.287. The maximum Gasteiger partial charge on any atom is 0.261 e. The van der Waals surface area contributed by atoms with Gasteiger partial charge in [0.1, 0.15) is 5.57 Å². The summed E-state index contributed by atoms with van der Waals surface area (Å²) in [6.45, 7) is 0.920. The summed E-state index contributed by atoms with van der Waals surface area (Å²) >= 11 is 0. The SMILES string of the molecule is CNCCc1ccc(NC(=O)C2=C3CCCCC3NC2=O)cc1. The van der Waals surface area contributed by atoms with E-state index in [1.54, 1.807) is 0 Å². The van der Waals surface area contributed by atoms with Gasteiger partial charge in [-0.15, -0.1) is 0 Å². The lowest BCUT2D eigenvalue weighted by molar-refractivity contribution is -0.120. The molecule has 1 unspecified atom stereocenters. The van der Waals surface area contributed by atoms with E-state index >= 15 is 0 Å². The molecule has 1 aliphatic carbocycles. The van der Waals surface area contributed by atoms with E-state index in [1.807, 2.05) is 31.3 Å². The van der Waals surface area contributed by atoms with Crippen LogP contribution in [0.1, 0.15) is 31.2 Å². The van der Waals surface area contributed by atoms with E-state index in [2.05, 4.69) is 16.0 Å². The average Bonchev–Trinajstić information content (AvgIpc) is 2.90. The predicted molar refractivity (Wildman–Crippen MR) is 90.1 cm³/mol. The first-order valence-corrected chi connectivity index (χ1v) is 8.28. The molecule has 5 heteroatoms. The molecule has 2 aliphatic rings. The lowest BCUT2D eigenvalue weighted by Gasteiger charge is -2.20. The van der Waals surface area contributed by atoms with Crippen molar-refractivity contribution in [3.8, 4) is 0 Å². The summed E-state index contributed by atoms with van der Waals surface area (Å²) in [4.78, 5) is 24.6. The minimum Gasteiger partial charge on any atom is -0.345 e. The number of amides is 2. The smallest absolute Gasteiger partial charge is 0.261 e. The standard InChI is InChI=1S/C18H23N3O2/c1-19-11-10-12-6-8-13(9-7-12)20-17(22)16-14-4-2-3-5-15(14)21-18(16)23/h6-9,15,19H,2-5,10-11H2,1H3,(H,20,22)(H,21,23). The zero-order valence-corrected chi connectivity index (χ0v) is 13.4. The van der Waals surface area contributed by atoms with Gasteiger partial charge in [0.2, 0.25) is 0 Å². The number of hydrogen-bond acceptors (Lipinski definition) is 3. The number of likely N-dealkylation sites (N-methyl/N-ethyl adjacent to an activating group) is 1. The van der Waals surface area contributed by atoms with Crippen molar-refractivity contribution in [2.75, 3.05) is 18.9 Å². The Morgan fingerprint density at radius 1 is 1.26 bits per heavy atom. The van der Waals surface area contributed by atoms with Gasteiger partial charge in [0, 0.05) is 5.69 Å². The van der Waals surface area contributed by atoms with Crippen LogP contribution in [0.4, 0.5) is 5.69 Å². The third kappa shape index (κ3) is 3.45. The zero-order chi connectivity index (χ0) is 16.2. The largest absolute Gasteiger partial charge is 0.345 e. The molecule has 0 bridgehead atoms. The Balaban J connectivity index is 1.70. The lowest BCUT2D eigenvalue weighted by atomic mass is 9.89. The number of hydrogen-bond donors (Lipinski definition) is 3. The van der Waals surface area contributed by atoms with E-state index < -0.39 is 0 Å². The molecule has 1 saturated carbocycles. The molecule has 0 aromatic heterocycles. The normalized spacial score (nSPS) is 20.2. The van der Waals surface area contributed by atoms with E-state index in [9.17, 15) is 9.59 Å². The summed E-state index contributed by atoms with van der Waals surface area (Å²) in [6.07, 6.45) is 4.90. The van der Waals surface area contributed by atoms with Gasteiger partial charge in [-0.25, -0.2) is 0 Å². The maximum absolute atomic E-state index is 12.5. The van der Waals surface area contributed by atoms with Gasteiger partial charge in [-0.1, -0.05) is 18.6 Å². The van der Waals surface area contributed by atoms with E-state index in [0.29, 0.717) is 5.57 Å². The molecule has 2 amide bonds. The third-order valence-corrected chi connectivity index (χ3v) is 4.57. The van der Waals surface area contributed by atoms with Crippen LogP contribution in [0.25, 0.3) is 0 Å². The fraction of sp³-hybridized carbons (Fsp3) is 0.444. The number of rotatable bonds is 5. The molecule has 1 aromatic rings. The van der Waals surface area contributed by atoms with Crippen LogP contribution in [0, 0.1) is 0 Å². The van der Waals surface area contributed by atoms with Crippen molar-refractivity contribution in [2.45, 2.75) is 38.1 Å². The van der Waals surface area contributed by atoms with Crippen LogP contribution < -0.4 is 16.0 Å². The Labute approximate surface area is 136 Å². The highest BCUT2D eigenvalue weighted by molar-refractivity contribution is 6.24. The number of nitrogens with one attached hydrogen (secondary N) is 3. The van der Waals surface area contributed by atoms with Gasteiger partial charge in [0.25, 0.3) is 11.8 Å². The summed E-state index contributed by atoms with van der Waals surface area (Å²) in [6, 6.07) is 7.85. The van der Waals surface area contributed by atoms with Crippen molar-refractivity contribution in [3.63, 3.8) is 0 Å². The summed E-state index contributed by atoms with van der Waals surface area (Å²) in [5.74, 6) is -0.514. The average molecular weight is 313 g/mol. The Morgan fingerprint density at radius 2 is 2.04 bits per heavy atom. The number of anilines is 1. The highest BCUT2D eigenvalue weighted by atomic mass is 16.2. The molecule has 0 radical (unpaired) electrons. The highest BCUT2D eigenvalue weighted by Gasteiger charge is 2.36. The topological polar surface area (TPSA) is 70.2 Å². The molecule has 1 fully saturated rings. The lowest BCUT2D eigenvalue weighted by Crippen LogP contribution is -2.31. The van der Waals surface area contributed by atoms with Gasteiger partial charge < -0.3 is 16.0 Å². The first-order chi connectivity index (χ1) is 11.2. The monoisotopic (exact) mass is 313 g/mol. The second-order valence-corrected chi connectivity index (χ2v) is 6.18. The summed E-state index contributed by atoms with van der Waals surface area (Å²) in [7, 11) is 1.93. The number of benzene rings is 1. The fourth-order valence-electron chi connectivity index (χ4n) is 3.31. The second-order valence-electron chi connectivity index (χ2n) is 6.18. The van der Waals surface area contributed by atoms with Gasteiger partial charge in [-0.3, -0.25) is 9.59 Å². The molecular weight excluding hydrogens is 290 g/mol. The number of carbonyl (C=O) groups is 2. The Hall–Kier alpha value is -2.14.